The number of hydrogen-bond donors (Lipinski definition) is 1. The molecule has 1 unspecified atom stereocenters. The van der Waals surface area contributed by atoms with Crippen LogP contribution >= 0.6 is 15.9 Å². The highest BCUT2D eigenvalue weighted by atomic mass is 79.9. The lowest BCUT2D eigenvalue weighted by atomic mass is 10.1. The molecule has 0 aliphatic rings. The van der Waals surface area contributed by atoms with Gasteiger partial charge in [-0.2, -0.15) is 5.26 Å². The smallest absolute Gasteiger partial charge is 0.0671 e. The summed E-state index contributed by atoms with van der Waals surface area (Å²) in [6.07, 6.45) is 0. The molecular weight excluding hydrogens is 276 g/mol. The van der Waals surface area contributed by atoms with E-state index in [1.165, 1.54) is 10.8 Å². The number of fused-ring (bicyclic) bond motifs is 1. The first-order valence-electron chi connectivity index (χ1n) is 5.52. The van der Waals surface area contributed by atoms with Gasteiger partial charge >= 0.3 is 0 Å². The first-order valence-corrected chi connectivity index (χ1v) is 6.31. The zero-order chi connectivity index (χ0) is 12.3. The summed E-state index contributed by atoms with van der Waals surface area (Å²) in [5.74, 6) is 0.0237. The Kier molecular flexibility index (Phi) is 3.65. The predicted octanol–water partition coefficient (Wildman–Crippen LogP) is 4.17. The number of nitrogens with one attached hydrogen (secondary N) is 1. The summed E-state index contributed by atoms with van der Waals surface area (Å²) in [7, 11) is 0. The molecule has 2 rings (SSSR count). The zero-order valence-electron chi connectivity index (χ0n) is 9.57. The highest BCUT2D eigenvalue weighted by Gasteiger charge is 2.00. The van der Waals surface area contributed by atoms with Crippen molar-refractivity contribution in [3.05, 3.63) is 40.9 Å². The van der Waals surface area contributed by atoms with Crippen LogP contribution in [0.25, 0.3) is 10.8 Å². The molecule has 1 N–H and O–H groups in total. The van der Waals surface area contributed by atoms with Gasteiger partial charge in [-0.3, -0.25) is 0 Å². The fraction of sp³-hybridized carbons (Fsp3) is 0.214. The van der Waals surface area contributed by atoms with Crippen LogP contribution in [0.4, 0.5) is 5.69 Å². The molecule has 1 atom stereocenters. The Balaban J connectivity index is 2.21. The topological polar surface area (TPSA) is 35.8 Å². The highest BCUT2D eigenvalue weighted by molar-refractivity contribution is 9.10. The average molecular weight is 289 g/mol. The van der Waals surface area contributed by atoms with Gasteiger partial charge in [-0.05, 0) is 42.0 Å². The second-order valence-electron chi connectivity index (χ2n) is 4.12. The van der Waals surface area contributed by atoms with Crippen molar-refractivity contribution in [1.82, 2.24) is 0 Å². The van der Waals surface area contributed by atoms with Crippen LogP contribution in [0.15, 0.2) is 40.9 Å². The van der Waals surface area contributed by atoms with Crippen molar-refractivity contribution in [1.29, 1.82) is 5.26 Å². The van der Waals surface area contributed by atoms with E-state index in [9.17, 15) is 0 Å². The number of halogens is 1. The molecule has 0 aliphatic carbocycles. The molecule has 0 saturated heterocycles. The van der Waals surface area contributed by atoms with Crippen molar-refractivity contribution in [2.24, 2.45) is 5.92 Å². The lowest BCUT2D eigenvalue weighted by Crippen LogP contribution is -2.08. The van der Waals surface area contributed by atoms with Gasteiger partial charge in [0.2, 0.25) is 0 Å². The molecule has 0 bridgehead atoms. The van der Waals surface area contributed by atoms with Crippen LogP contribution in [-0.2, 0) is 0 Å². The van der Waals surface area contributed by atoms with Crippen molar-refractivity contribution < 1.29 is 0 Å². The van der Waals surface area contributed by atoms with E-state index in [0.717, 1.165) is 10.2 Å². The van der Waals surface area contributed by atoms with Gasteiger partial charge in [-0.15, -0.1) is 0 Å². The maximum Gasteiger partial charge on any atom is 0.0671 e. The van der Waals surface area contributed by atoms with Crippen LogP contribution in [0, 0.1) is 17.2 Å². The Morgan fingerprint density at radius 1 is 1.24 bits per heavy atom. The molecule has 2 aromatic carbocycles. The van der Waals surface area contributed by atoms with E-state index in [4.69, 9.17) is 5.26 Å². The zero-order valence-corrected chi connectivity index (χ0v) is 11.2. The van der Waals surface area contributed by atoms with Gasteiger partial charge in [0, 0.05) is 16.7 Å². The van der Waals surface area contributed by atoms with Crippen LogP contribution in [0.3, 0.4) is 0 Å². The molecule has 17 heavy (non-hydrogen) atoms. The van der Waals surface area contributed by atoms with Crippen molar-refractivity contribution >= 4 is 32.4 Å². The minimum absolute atomic E-state index is 0.0237. The van der Waals surface area contributed by atoms with Crippen molar-refractivity contribution in [2.75, 3.05) is 11.9 Å². The van der Waals surface area contributed by atoms with E-state index >= 15 is 0 Å². The second kappa shape index (κ2) is 5.20. The molecular formula is C14H13BrN2. The third kappa shape index (κ3) is 2.98. The van der Waals surface area contributed by atoms with Crippen molar-refractivity contribution in [2.45, 2.75) is 6.92 Å². The molecule has 0 spiro atoms. The second-order valence-corrected chi connectivity index (χ2v) is 5.03. The summed E-state index contributed by atoms with van der Waals surface area (Å²) >= 11 is 3.46. The number of hydrogen-bond acceptors (Lipinski definition) is 2. The van der Waals surface area contributed by atoms with Gasteiger partial charge in [0.25, 0.3) is 0 Å². The number of rotatable bonds is 3. The maximum absolute atomic E-state index is 8.72. The van der Waals surface area contributed by atoms with Crippen molar-refractivity contribution in [3.63, 3.8) is 0 Å². The first kappa shape index (κ1) is 11.9. The van der Waals surface area contributed by atoms with E-state index < -0.39 is 0 Å². The summed E-state index contributed by atoms with van der Waals surface area (Å²) < 4.78 is 1.09. The molecule has 0 aliphatic heterocycles. The molecule has 86 valence electrons. The van der Waals surface area contributed by atoms with E-state index in [2.05, 4.69) is 51.6 Å². The Labute approximate surface area is 109 Å². The normalized spacial score (nSPS) is 12.1. The third-order valence-corrected chi connectivity index (χ3v) is 3.13. The Hall–Kier alpha value is -1.53. The summed E-state index contributed by atoms with van der Waals surface area (Å²) in [6, 6.07) is 14.6. The molecule has 0 radical (unpaired) electrons. The van der Waals surface area contributed by atoms with Gasteiger partial charge in [-0.1, -0.05) is 28.1 Å². The van der Waals surface area contributed by atoms with Gasteiger partial charge < -0.3 is 5.32 Å². The lowest BCUT2D eigenvalue weighted by Gasteiger charge is -2.08. The molecule has 2 nitrogen and oxygen atoms in total. The van der Waals surface area contributed by atoms with Crippen LogP contribution in [0.2, 0.25) is 0 Å². The average Bonchev–Trinajstić information content (AvgIpc) is 2.35. The number of benzene rings is 2. The van der Waals surface area contributed by atoms with Crippen LogP contribution < -0.4 is 5.32 Å². The van der Waals surface area contributed by atoms with Crippen LogP contribution in [0.1, 0.15) is 6.92 Å². The summed E-state index contributed by atoms with van der Waals surface area (Å²) in [5.41, 5.74) is 1.06. The number of nitrogens with zero attached hydrogens (tertiary/aromatic N) is 1. The molecule has 0 aromatic heterocycles. The molecule has 3 heteroatoms. The molecule has 2 aromatic rings. The van der Waals surface area contributed by atoms with E-state index in [0.29, 0.717) is 6.54 Å². The summed E-state index contributed by atoms with van der Waals surface area (Å²) in [6.45, 7) is 2.59. The van der Waals surface area contributed by atoms with E-state index in [1.54, 1.807) is 0 Å². The van der Waals surface area contributed by atoms with Gasteiger partial charge in [0.05, 0.1) is 12.0 Å². The standard InChI is InChI=1S/C14H13BrN2/c1-10(8-16)9-17-14-5-3-11-6-13(15)4-2-12(11)7-14/h2-7,10,17H,9H2,1H3. The SMILES string of the molecule is CC(C#N)CNc1ccc2cc(Br)ccc2c1. The van der Waals surface area contributed by atoms with Gasteiger partial charge in [0.15, 0.2) is 0 Å². The van der Waals surface area contributed by atoms with Gasteiger partial charge in [0.1, 0.15) is 0 Å². The Bertz CT molecular complexity index is 572. The lowest BCUT2D eigenvalue weighted by molar-refractivity contribution is 0.786. The van der Waals surface area contributed by atoms with Crippen LogP contribution in [-0.4, -0.2) is 6.54 Å². The molecule has 0 fully saturated rings. The molecule has 0 amide bonds. The van der Waals surface area contributed by atoms with Crippen LogP contribution in [0.5, 0.6) is 0 Å². The first-order chi connectivity index (χ1) is 8.19. The van der Waals surface area contributed by atoms with E-state index in [1.807, 2.05) is 19.1 Å². The monoisotopic (exact) mass is 288 g/mol. The fourth-order valence-electron chi connectivity index (χ4n) is 1.64. The largest absolute Gasteiger partial charge is 0.384 e. The summed E-state index contributed by atoms with van der Waals surface area (Å²) in [4.78, 5) is 0. The third-order valence-electron chi connectivity index (χ3n) is 2.64. The number of anilines is 1. The quantitative estimate of drug-likeness (QED) is 0.920. The van der Waals surface area contributed by atoms with E-state index in [-0.39, 0.29) is 5.92 Å². The number of nitriles is 1. The molecule has 0 heterocycles. The predicted molar refractivity (Wildman–Crippen MR) is 74.9 cm³/mol. The Morgan fingerprint density at radius 3 is 2.71 bits per heavy atom. The summed E-state index contributed by atoms with van der Waals surface area (Å²) in [5, 5.41) is 14.4. The minimum Gasteiger partial charge on any atom is -0.384 e. The maximum atomic E-state index is 8.72. The molecule has 0 saturated carbocycles. The fourth-order valence-corrected chi connectivity index (χ4v) is 2.02. The highest BCUT2D eigenvalue weighted by Crippen LogP contribution is 2.23. The van der Waals surface area contributed by atoms with Gasteiger partial charge in [-0.25, -0.2) is 0 Å². The Morgan fingerprint density at radius 2 is 1.94 bits per heavy atom. The minimum atomic E-state index is 0.0237. The van der Waals surface area contributed by atoms with Crippen molar-refractivity contribution in [3.8, 4) is 6.07 Å².